The monoisotopic (exact) mass is 480 g/mol. The SMILES string of the molecule is COc1ccc(NS(=O)(=O)c2ccc(NN=C(C)c3ccc(Cl)s3)c([N+](=O)[O-])c2)cc1. The lowest BCUT2D eigenvalue weighted by atomic mass is 10.3. The van der Waals surface area contributed by atoms with Crippen molar-refractivity contribution in [3.63, 3.8) is 0 Å². The van der Waals surface area contributed by atoms with Crippen LogP contribution in [0, 0.1) is 10.1 Å². The molecular weight excluding hydrogens is 464 g/mol. The molecule has 0 unspecified atom stereocenters. The van der Waals surface area contributed by atoms with Crippen LogP contribution in [-0.2, 0) is 10.0 Å². The first-order valence-corrected chi connectivity index (χ1v) is 11.4. The van der Waals surface area contributed by atoms with Gasteiger partial charge in [-0.3, -0.25) is 20.3 Å². The first-order valence-electron chi connectivity index (χ1n) is 8.71. The predicted molar refractivity (Wildman–Crippen MR) is 122 cm³/mol. The van der Waals surface area contributed by atoms with Gasteiger partial charge in [0.15, 0.2) is 0 Å². The summed E-state index contributed by atoms with van der Waals surface area (Å²) in [6.45, 7) is 1.72. The molecule has 0 aliphatic rings. The van der Waals surface area contributed by atoms with Crippen molar-refractivity contribution in [2.24, 2.45) is 5.10 Å². The average Bonchev–Trinajstić information content (AvgIpc) is 3.18. The Hall–Kier alpha value is -3.15. The van der Waals surface area contributed by atoms with E-state index < -0.39 is 20.6 Å². The number of benzene rings is 2. The van der Waals surface area contributed by atoms with Gasteiger partial charge in [-0.2, -0.15) is 5.10 Å². The van der Waals surface area contributed by atoms with E-state index in [9.17, 15) is 18.5 Å². The van der Waals surface area contributed by atoms with Crippen LogP contribution >= 0.6 is 22.9 Å². The third-order valence-electron chi connectivity index (χ3n) is 4.09. The fourth-order valence-electron chi connectivity index (χ4n) is 2.51. The molecule has 0 aliphatic carbocycles. The first-order chi connectivity index (χ1) is 14.7. The van der Waals surface area contributed by atoms with E-state index in [4.69, 9.17) is 16.3 Å². The van der Waals surface area contributed by atoms with Gasteiger partial charge in [0.25, 0.3) is 15.7 Å². The summed E-state index contributed by atoms with van der Waals surface area (Å²) in [6.07, 6.45) is 0. The van der Waals surface area contributed by atoms with E-state index in [0.717, 1.165) is 10.9 Å². The molecular formula is C19H17ClN4O5S2. The molecule has 0 saturated carbocycles. The smallest absolute Gasteiger partial charge is 0.295 e. The minimum absolute atomic E-state index is 0.0513. The second-order valence-corrected chi connectivity index (χ2v) is 9.58. The van der Waals surface area contributed by atoms with Crippen LogP contribution in [0.4, 0.5) is 17.1 Å². The fraction of sp³-hybridized carbons (Fsp3) is 0.105. The number of hydrogen-bond acceptors (Lipinski definition) is 8. The summed E-state index contributed by atoms with van der Waals surface area (Å²) in [5, 5.41) is 15.7. The summed E-state index contributed by atoms with van der Waals surface area (Å²) >= 11 is 7.22. The zero-order valence-electron chi connectivity index (χ0n) is 16.3. The summed E-state index contributed by atoms with van der Waals surface area (Å²) in [5.74, 6) is 0.565. The van der Waals surface area contributed by atoms with Gasteiger partial charge < -0.3 is 4.74 Å². The fourth-order valence-corrected chi connectivity index (χ4v) is 4.57. The first kappa shape index (κ1) is 22.5. The molecule has 0 atom stereocenters. The van der Waals surface area contributed by atoms with Crippen LogP contribution in [0.25, 0.3) is 0 Å². The number of hydrazone groups is 1. The summed E-state index contributed by atoms with van der Waals surface area (Å²) < 4.78 is 33.3. The molecule has 3 rings (SSSR count). The van der Waals surface area contributed by atoms with Crippen LogP contribution in [0.5, 0.6) is 5.75 Å². The zero-order valence-corrected chi connectivity index (χ0v) is 18.7. The Morgan fingerprint density at radius 3 is 2.45 bits per heavy atom. The van der Waals surface area contributed by atoms with Gasteiger partial charge in [-0.15, -0.1) is 11.3 Å². The number of thiophene rings is 1. The van der Waals surface area contributed by atoms with Gasteiger partial charge in [0.05, 0.1) is 31.9 Å². The Labute approximate surface area is 187 Å². The van der Waals surface area contributed by atoms with Crippen LogP contribution in [0.1, 0.15) is 11.8 Å². The largest absolute Gasteiger partial charge is 0.497 e. The quantitative estimate of drug-likeness (QED) is 0.267. The molecule has 0 radical (unpaired) electrons. The molecule has 0 fully saturated rings. The van der Waals surface area contributed by atoms with Gasteiger partial charge in [0, 0.05) is 11.8 Å². The number of nitro benzene ring substituents is 1. The number of nitrogens with one attached hydrogen (secondary N) is 2. The van der Waals surface area contributed by atoms with Crippen molar-refractivity contribution in [1.82, 2.24) is 0 Å². The minimum Gasteiger partial charge on any atom is -0.497 e. The molecule has 1 heterocycles. The molecule has 0 aliphatic heterocycles. The van der Waals surface area contributed by atoms with Crippen molar-refractivity contribution in [3.8, 4) is 5.75 Å². The lowest BCUT2D eigenvalue weighted by molar-refractivity contribution is -0.384. The highest BCUT2D eigenvalue weighted by Gasteiger charge is 2.22. The van der Waals surface area contributed by atoms with Crippen molar-refractivity contribution >= 4 is 55.7 Å². The molecule has 162 valence electrons. The maximum atomic E-state index is 12.7. The Morgan fingerprint density at radius 2 is 1.87 bits per heavy atom. The van der Waals surface area contributed by atoms with Crippen molar-refractivity contribution < 1.29 is 18.1 Å². The van der Waals surface area contributed by atoms with Crippen LogP contribution < -0.4 is 14.9 Å². The molecule has 12 heteroatoms. The summed E-state index contributed by atoms with van der Waals surface area (Å²) in [4.78, 5) is 11.4. The van der Waals surface area contributed by atoms with E-state index in [1.165, 1.54) is 42.7 Å². The number of halogens is 1. The van der Waals surface area contributed by atoms with Crippen molar-refractivity contribution in [3.05, 3.63) is 73.9 Å². The molecule has 3 aromatic rings. The number of methoxy groups -OCH3 is 1. The van der Waals surface area contributed by atoms with Crippen molar-refractivity contribution in [2.75, 3.05) is 17.3 Å². The number of nitro groups is 1. The highest BCUT2D eigenvalue weighted by Crippen LogP contribution is 2.29. The number of ether oxygens (including phenoxy) is 1. The molecule has 2 N–H and O–H groups in total. The summed E-state index contributed by atoms with van der Waals surface area (Å²) in [7, 11) is -2.55. The second kappa shape index (κ2) is 9.33. The average molecular weight is 481 g/mol. The topological polar surface area (TPSA) is 123 Å². The summed E-state index contributed by atoms with van der Waals surface area (Å²) in [5.41, 5.74) is 3.11. The highest BCUT2D eigenvalue weighted by molar-refractivity contribution is 7.92. The number of sulfonamides is 1. The highest BCUT2D eigenvalue weighted by atomic mass is 35.5. The molecule has 0 saturated heterocycles. The normalized spacial score (nSPS) is 11.8. The third-order valence-corrected chi connectivity index (χ3v) is 6.81. The lowest BCUT2D eigenvalue weighted by Crippen LogP contribution is -2.13. The van der Waals surface area contributed by atoms with Crippen molar-refractivity contribution in [2.45, 2.75) is 11.8 Å². The molecule has 0 spiro atoms. The molecule has 1 aromatic heterocycles. The van der Waals surface area contributed by atoms with Crippen LogP contribution in [-0.4, -0.2) is 26.2 Å². The van der Waals surface area contributed by atoms with Gasteiger partial charge in [0.2, 0.25) is 0 Å². The Bertz CT molecular complexity index is 1240. The van der Waals surface area contributed by atoms with Gasteiger partial charge in [-0.05, 0) is 55.5 Å². The number of nitrogens with zero attached hydrogens (tertiary/aromatic N) is 2. The molecule has 0 bridgehead atoms. The van der Waals surface area contributed by atoms with E-state index in [-0.39, 0.29) is 10.6 Å². The number of hydrogen-bond donors (Lipinski definition) is 2. The third kappa shape index (κ3) is 5.51. The molecule has 9 nitrogen and oxygen atoms in total. The van der Waals surface area contributed by atoms with Crippen molar-refractivity contribution in [1.29, 1.82) is 0 Å². The van der Waals surface area contributed by atoms with Crippen LogP contribution in [0.15, 0.2) is 64.6 Å². The van der Waals surface area contributed by atoms with Gasteiger partial charge in [-0.25, -0.2) is 8.42 Å². The van der Waals surface area contributed by atoms with Gasteiger partial charge >= 0.3 is 0 Å². The maximum Gasteiger partial charge on any atom is 0.295 e. The van der Waals surface area contributed by atoms with E-state index >= 15 is 0 Å². The molecule has 31 heavy (non-hydrogen) atoms. The molecule has 0 amide bonds. The van der Waals surface area contributed by atoms with E-state index in [0.29, 0.717) is 21.5 Å². The van der Waals surface area contributed by atoms with Gasteiger partial charge in [0.1, 0.15) is 11.4 Å². The predicted octanol–water partition coefficient (Wildman–Crippen LogP) is 4.96. The molecule has 2 aromatic carbocycles. The zero-order chi connectivity index (χ0) is 22.6. The standard InChI is InChI=1S/C19H17ClN4O5S2/c1-12(18-9-10-19(20)30-18)21-22-16-8-7-15(11-17(16)24(25)26)31(27,28)23-13-3-5-14(29-2)6-4-13/h3-11,22-23H,1-2H3. The van der Waals surface area contributed by atoms with Gasteiger partial charge in [-0.1, -0.05) is 11.6 Å². The second-order valence-electron chi connectivity index (χ2n) is 6.18. The Kier molecular flexibility index (Phi) is 6.78. The number of anilines is 2. The van der Waals surface area contributed by atoms with Crippen LogP contribution in [0.2, 0.25) is 4.34 Å². The lowest BCUT2D eigenvalue weighted by Gasteiger charge is -2.10. The van der Waals surface area contributed by atoms with E-state index in [1.54, 1.807) is 31.2 Å². The summed E-state index contributed by atoms with van der Waals surface area (Å²) in [6, 6.07) is 13.3. The maximum absolute atomic E-state index is 12.7. The Balaban J connectivity index is 1.85. The minimum atomic E-state index is -4.05. The Morgan fingerprint density at radius 1 is 1.16 bits per heavy atom. The number of rotatable bonds is 8. The van der Waals surface area contributed by atoms with E-state index in [1.807, 2.05) is 0 Å². The van der Waals surface area contributed by atoms with E-state index in [2.05, 4.69) is 15.2 Å². The van der Waals surface area contributed by atoms with Crippen LogP contribution in [0.3, 0.4) is 0 Å².